The minimum absolute atomic E-state index is 0.0921. The maximum atomic E-state index is 11.0. The van der Waals surface area contributed by atoms with Gasteiger partial charge in [0.15, 0.2) is 0 Å². The average molecular weight is 353 g/mol. The number of fused-ring (bicyclic) bond motifs is 4. The molecule has 0 aliphatic carbocycles. The highest BCUT2D eigenvalue weighted by Gasteiger charge is 2.22. The van der Waals surface area contributed by atoms with Gasteiger partial charge in [-0.05, 0) is 51.7 Å². The summed E-state index contributed by atoms with van der Waals surface area (Å²) in [5, 5.41) is 13.3. The lowest BCUT2D eigenvalue weighted by atomic mass is 9.86. The van der Waals surface area contributed by atoms with E-state index in [2.05, 4.69) is 24.3 Å². The van der Waals surface area contributed by atoms with Crippen molar-refractivity contribution in [1.82, 2.24) is 0 Å². The zero-order chi connectivity index (χ0) is 18.4. The fraction of sp³-hybridized carbons (Fsp3) is 0.0435. The van der Waals surface area contributed by atoms with E-state index in [9.17, 15) is 10.1 Å². The highest BCUT2D eigenvalue weighted by molar-refractivity contribution is 6.03. The molecule has 1 aliphatic rings. The number of nitro benzene ring substituents is 1. The number of nitrogens with zero attached hydrogens (tertiary/aromatic N) is 1. The van der Waals surface area contributed by atoms with E-state index >= 15 is 0 Å². The van der Waals surface area contributed by atoms with Gasteiger partial charge in [-0.3, -0.25) is 10.1 Å². The first-order valence-electron chi connectivity index (χ1n) is 8.74. The van der Waals surface area contributed by atoms with Crippen molar-refractivity contribution in [1.29, 1.82) is 0 Å². The van der Waals surface area contributed by atoms with Crippen molar-refractivity contribution >= 4 is 16.5 Å². The van der Waals surface area contributed by atoms with Crippen molar-refractivity contribution in [3.05, 3.63) is 94.5 Å². The largest absolute Gasteiger partial charge is 0.488 e. The summed E-state index contributed by atoms with van der Waals surface area (Å²) in [5.74, 6) is 0.884. The number of benzene rings is 4. The van der Waals surface area contributed by atoms with E-state index in [1.807, 2.05) is 42.5 Å². The van der Waals surface area contributed by atoms with E-state index in [-0.39, 0.29) is 10.6 Å². The lowest BCUT2D eigenvalue weighted by molar-refractivity contribution is -0.384. The average Bonchev–Trinajstić information content (AvgIpc) is 2.72. The Hall–Kier alpha value is -3.66. The van der Waals surface area contributed by atoms with Crippen molar-refractivity contribution in [2.75, 3.05) is 0 Å². The maximum absolute atomic E-state index is 11.0. The van der Waals surface area contributed by atoms with Crippen LogP contribution in [0, 0.1) is 10.1 Å². The third-order valence-corrected chi connectivity index (χ3v) is 5.07. The molecular formula is C23H15NO3. The van der Waals surface area contributed by atoms with Gasteiger partial charge in [-0.25, -0.2) is 0 Å². The second kappa shape index (κ2) is 5.95. The van der Waals surface area contributed by atoms with Crippen LogP contribution in [-0.4, -0.2) is 4.92 Å². The van der Waals surface area contributed by atoms with Gasteiger partial charge in [0.2, 0.25) is 0 Å². The van der Waals surface area contributed by atoms with Gasteiger partial charge in [-0.1, -0.05) is 42.5 Å². The van der Waals surface area contributed by atoms with E-state index in [4.69, 9.17) is 4.74 Å². The van der Waals surface area contributed by atoms with Crippen LogP contribution in [-0.2, 0) is 6.61 Å². The second-order valence-electron chi connectivity index (χ2n) is 6.59. The Labute approximate surface area is 155 Å². The minimum atomic E-state index is -0.373. The number of hydrogen-bond donors (Lipinski definition) is 0. The van der Waals surface area contributed by atoms with Gasteiger partial charge in [0.05, 0.1) is 4.92 Å². The van der Waals surface area contributed by atoms with Crippen LogP contribution in [0.3, 0.4) is 0 Å². The fourth-order valence-corrected chi connectivity index (χ4v) is 3.83. The molecule has 0 amide bonds. The zero-order valence-electron chi connectivity index (χ0n) is 14.4. The SMILES string of the molecule is O=[N+]([O-])c1ccc(-c2c3c(cc4ccccc24)-c2ccccc2OC3)cc1. The Kier molecular flexibility index (Phi) is 3.44. The number of hydrogen-bond acceptors (Lipinski definition) is 3. The molecule has 0 saturated carbocycles. The van der Waals surface area contributed by atoms with Crippen LogP contribution in [0.4, 0.5) is 5.69 Å². The Bertz CT molecular complexity index is 1200. The van der Waals surface area contributed by atoms with E-state index in [0.29, 0.717) is 6.61 Å². The maximum Gasteiger partial charge on any atom is 0.269 e. The summed E-state index contributed by atoms with van der Waals surface area (Å²) in [5.41, 5.74) is 5.47. The van der Waals surface area contributed by atoms with Crippen molar-refractivity contribution in [3.8, 4) is 28.0 Å². The van der Waals surface area contributed by atoms with Crippen molar-refractivity contribution < 1.29 is 9.66 Å². The molecule has 0 unspecified atom stereocenters. The molecule has 4 aromatic rings. The molecule has 0 N–H and O–H groups in total. The van der Waals surface area contributed by atoms with Crippen molar-refractivity contribution in [2.45, 2.75) is 6.61 Å². The first kappa shape index (κ1) is 15.6. The zero-order valence-corrected chi connectivity index (χ0v) is 14.4. The van der Waals surface area contributed by atoms with Crippen LogP contribution in [0.5, 0.6) is 5.75 Å². The van der Waals surface area contributed by atoms with Crippen LogP contribution in [0.15, 0.2) is 78.9 Å². The number of para-hydroxylation sites is 1. The molecule has 0 radical (unpaired) electrons. The van der Waals surface area contributed by atoms with Gasteiger partial charge in [-0.15, -0.1) is 0 Å². The Balaban J connectivity index is 1.83. The molecule has 0 aromatic heterocycles. The topological polar surface area (TPSA) is 52.4 Å². The molecule has 0 fully saturated rings. The van der Waals surface area contributed by atoms with Gasteiger partial charge in [-0.2, -0.15) is 0 Å². The van der Waals surface area contributed by atoms with E-state index in [1.165, 1.54) is 0 Å². The third-order valence-electron chi connectivity index (χ3n) is 5.07. The van der Waals surface area contributed by atoms with E-state index in [0.717, 1.165) is 44.3 Å². The lowest BCUT2D eigenvalue weighted by Crippen LogP contribution is -2.07. The quantitative estimate of drug-likeness (QED) is 0.329. The van der Waals surface area contributed by atoms with E-state index in [1.54, 1.807) is 12.1 Å². The summed E-state index contributed by atoms with van der Waals surface area (Å²) in [7, 11) is 0. The van der Waals surface area contributed by atoms with Crippen LogP contribution < -0.4 is 4.74 Å². The predicted octanol–water partition coefficient (Wildman–Crippen LogP) is 5.97. The normalized spacial score (nSPS) is 12.1. The highest BCUT2D eigenvalue weighted by Crippen LogP contribution is 2.44. The second-order valence-corrected chi connectivity index (χ2v) is 6.59. The molecule has 27 heavy (non-hydrogen) atoms. The molecule has 0 bridgehead atoms. The summed E-state index contributed by atoms with van der Waals surface area (Å²) in [6.45, 7) is 0.476. The molecule has 0 atom stereocenters. The third kappa shape index (κ3) is 2.46. The minimum Gasteiger partial charge on any atom is -0.488 e. The Morgan fingerprint density at radius 3 is 2.41 bits per heavy atom. The van der Waals surface area contributed by atoms with Crippen LogP contribution in [0.2, 0.25) is 0 Å². The number of nitro groups is 1. The van der Waals surface area contributed by atoms with Crippen LogP contribution in [0.1, 0.15) is 5.56 Å². The van der Waals surface area contributed by atoms with Crippen LogP contribution >= 0.6 is 0 Å². The monoisotopic (exact) mass is 353 g/mol. The summed E-state index contributed by atoms with van der Waals surface area (Å²) in [6.07, 6.45) is 0. The molecule has 1 aliphatic heterocycles. The number of rotatable bonds is 2. The molecule has 1 heterocycles. The molecule has 4 nitrogen and oxygen atoms in total. The van der Waals surface area contributed by atoms with Crippen molar-refractivity contribution in [3.63, 3.8) is 0 Å². The summed E-state index contributed by atoms with van der Waals surface area (Å²) in [6, 6.07) is 25.2. The molecule has 5 rings (SSSR count). The Morgan fingerprint density at radius 1 is 0.852 bits per heavy atom. The standard InChI is InChI=1S/C23H15NO3/c25-24(26)17-11-9-15(10-12-17)23-18-6-2-1-5-16(18)13-20-19-7-3-4-8-22(19)27-14-21(20)23/h1-13H,14H2. The van der Waals surface area contributed by atoms with Crippen LogP contribution in [0.25, 0.3) is 33.0 Å². The molecule has 130 valence electrons. The lowest BCUT2D eigenvalue weighted by Gasteiger charge is -2.25. The van der Waals surface area contributed by atoms with Gasteiger partial charge < -0.3 is 4.74 Å². The summed E-state index contributed by atoms with van der Waals surface area (Å²) in [4.78, 5) is 10.6. The molecule has 0 saturated heterocycles. The predicted molar refractivity (Wildman–Crippen MR) is 106 cm³/mol. The smallest absolute Gasteiger partial charge is 0.269 e. The Morgan fingerprint density at radius 2 is 1.59 bits per heavy atom. The fourth-order valence-electron chi connectivity index (χ4n) is 3.83. The highest BCUT2D eigenvalue weighted by atomic mass is 16.6. The number of ether oxygens (including phenoxy) is 1. The van der Waals surface area contributed by atoms with Gasteiger partial charge >= 0.3 is 0 Å². The van der Waals surface area contributed by atoms with Gasteiger partial charge in [0, 0.05) is 23.3 Å². The molecule has 4 aromatic carbocycles. The molecular weight excluding hydrogens is 338 g/mol. The van der Waals surface area contributed by atoms with Gasteiger partial charge in [0.25, 0.3) is 5.69 Å². The first-order chi connectivity index (χ1) is 13.2. The first-order valence-corrected chi connectivity index (χ1v) is 8.74. The molecule has 0 spiro atoms. The van der Waals surface area contributed by atoms with Gasteiger partial charge in [0.1, 0.15) is 12.4 Å². The molecule has 4 heteroatoms. The van der Waals surface area contributed by atoms with Crippen molar-refractivity contribution in [2.24, 2.45) is 0 Å². The summed E-state index contributed by atoms with van der Waals surface area (Å²) < 4.78 is 6.01. The number of non-ortho nitro benzene ring substituents is 1. The van der Waals surface area contributed by atoms with E-state index < -0.39 is 0 Å². The summed E-state index contributed by atoms with van der Waals surface area (Å²) >= 11 is 0.